The fourth-order valence-corrected chi connectivity index (χ4v) is 2.60. The third-order valence-corrected chi connectivity index (χ3v) is 4.02. The Balaban J connectivity index is 1.74. The molecule has 1 N–H and O–H groups in total. The van der Waals surface area contributed by atoms with Crippen LogP contribution in [0, 0.1) is 5.82 Å². The van der Waals surface area contributed by atoms with Crippen LogP contribution in [0.3, 0.4) is 0 Å². The molecule has 0 radical (unpaired) electrons. The van der Waals surface area contributed by atoms with Crippen molar-refractivity contribution in [3.8, 4) is 0 Å². The predicted molar refractivity (Wildman–Crippen MR) is 91.4 cm³/mol. The van der Waals surface area contributed by atoms with Gasteiger partial charge in [-0.05, 0) is 38.4 Å². The fourth-order valence-electron chi connectivity index (χ4n) is 2.60. The first-order valence-corrected chi connectivity index (χ1v) is 8.15. The van der Waals surface area contributed by atoms with Crippen molar-refractivity contribution in [3.63, 3.8) is 0 Å². The maximum Gasteiger partial charge on any atom is 0.232 e. The van der Waals surface area contributed by atoms with Crippen molar-refractivity contribution in [3.05, 3.63) is 30.1 Å². The number of likely N-dealkylation sites (N-methyl/N-ethyl adjacent to an activating group) is 1. The molecule has 0 atom stereocenters. The largest absolute Gasteiger partial charge is 0.368 e. The lowest BCUT2D eigenvalue weighted by Gasteiger charge is -2.36. The summed E-state index contributed by atoms with van der Waals surface area (Å²) in [4.78, 5) is 29.7. The Labute approximate surface area is 142 Å². The standard InChI is InChI=1S/C17H25FN4O2/c1-20(2)8-7-19-16(23)13-17(24)22-11-9-21(10-12-22)15-5-3-14(18)4-6-15/h3-6H,7-13H2,1-2H3,(H,19,23). The van der Waals surface area contributed by atoms with Crippen molar-refractivity contribution >= 4 is 17.5 Å². The Morgan fingerprint density at radius 3 is 2.33 bits per heavy atom. The lowest BCUT2D eigenvalue weighted by atomic mass is 10.2. The lowest BCUT2D eigenvalue weighted by molar-refractivity contribution is -0.136. The predicted octanol–water partition coefficient (Wildman–Crippen LogP) is 0.542. The minimum atomic E-state index is -0.257. The molecule has 1 aromatic rings. The quantitative estimate of drug-likeness (QED) is 0.771. The highest BCUT2D eigenvalue weighted by molar-refractivity contribution is 5.96. The van der Waals surface area contributed by atoms with Gasteiger partial charge in [0.1, 0.15) is 12.2 Å². The van der Waals surface area contributed by atoms with E-state index >= 15 is 0 Å². The highest BCUT2D eigenvalue weighted by atomic mass is 19.1. The summed E-state index contributed by atoms with van der Waals surface area (Å²) in [5.41, 5.74) is 0.949. The molecule has 0 spiro atoms. The Kier molecular flexibility index (Phi) is 6.54. The number of carbonyl (C=O) groups excluding carboxylic acids is 2. The van der Waals surface area contributed by atoms with Crippen molar-refractivity contribution in [1.82, 2.24) is 15.1 Å². The highest BCUT2D eigenvalue weighted by Crippen LogP contribution is 2.17. The van der Waals surface area contributed by atoms with E-state index in [1.807, 2.05) is 19.0 Å². The molecule has 0 bridgehead atoms. The summed E-state index contributed by atoms with van der Waals surface area (Å²) < 4.78 is 13.0. The molecule has 1 fully saturated rings. The maximum atomic E-state index is 13.0. The van der Waals surface area contributed by atoms with E-state index in [4.69, 9.17) is 0 Å². The number of piperazine rings is 1. The summed E-state index contributed by atoms with van der Waals surface area (Å²) in [6, 6.07) is 6.35. The van der Waals surface area contributed by atoms with E-state index in [-0.39, 0.29) is 24.1 Å². The second kappa shape index (κ2) is 8.63. The maximum absolute atomic E-state index is 13.0. The van der Waals surface area contributed by atoms with E-state index in [0.29, 0.717) is 32.7 Å². The molecule has 7 heteroatoms. The summed E-state index contributed by atoms with van der Waals surface area (Å²) >= 11 is 0. The first kappa shape index (κ1) is 18.2. The molecule has 0 saturated carbocycles. The monoisotopic (exact) mass is 336 g/mol. The molecule has 24 heavy (non-hydrogen) atoms. The molecular weight excluding hydrogens is 311 g/mol. The van der Waals surface area contributed by atoms with Gasteiger partial charge in [-0.1, -0.05) is 0 Å². The lowest BCUT2D eigenvalue weighted by Crippen LogP contribution is -2.49. The first-order chi connectivity index (χ1) is 11.5. The molecule has 6 nitrogen and oxygen atoms in total. The van der Waals surface area contributed by atoms with Crippen LogP contribution < -0.4 is 10.2 Å². The third-order valence-electron chi connectivity index (χ3n) is 4.02. The number of rotatable bonds is 6. The zero-order chi connectivity index (χ0) is 17.5. The third kappa shape index (κ3) is 5.49. The van der Waals surface area contributed by atoms with E-state index in [1.165, 1.54) is 12.1 Å². The molecular formula is C17H25FN4O2. The second-order valence-corrected chi connectivity index (χ2v) is 6.17. The number of nitrogens with one attached hydrogen (secondary N) is 1. The van der Waals surface area contributed by atoms with Gasteiger partial charge in [0.05, 0.1) is 0 Å². The molecule has 2 rings (SSSR count). The number of hydrogen-bond acceptors (Lipinski definition) is 4. The molecule has 1 aliphatic heterocycles. The van der Waals surface area contributed by atoms with Gasteiger partial charge in [0, 0.05) is 45.0 Å². The van der Waals surface area contributed by atoms with Crippen molar-refractivity contribution in [1.29, 1.82) is 0 Å². The van der Waals surface area contributed by atoms with Crippen LogP contribution >= 0.6 is 0 Å². The summed E-state index contributed by atoms with van der Waals surface area (Å²) in [5.74, 6) is -0.633. The summed E-state index contributed by atoms with van der Waals surface area (Å²) in [6.07, 6.45) is -0.107. The molecule has 2 amide bonds. The molecule has 132 valence electrons. The minimum Gasteiger partial charge on any atom is -0.368 e. The average Bonchev–Trinajstić information content (AvgIpc) is 2.55. The number of anilines is 1. The van der Waals surface area contributed by atoms with Crippen LogP contribution in [0.15, 0.2) is 24.3 Å². The van der Waals surface area contributed by atoms with Crippen molar-refractivity contribution < 1.29 is 14.0 Å². The fraction of sp³-hybridized carbons (Fsp3) is 0.529. The van der Waals surface area contributed by atoms with Gasteiger partial charge in [0.2, 0.25) is 11.8 Å². The molecule has 0 aliphatic carbocycles. The molecule has 1 heterocycles. The van der Waals surface area contributed by atoms with Crippen LogP contribution in [0.2, 0.25) is 0 Å². The van der Waals surface area contributed by atoms with Gasteiger partial charge in [-0.2, -0.15) is 0 Å². The molecule has 0 aromatic heterocycles. The number of hydrogen-bond donors (Lipinski definition) is 1. The molecule has 1 aromatic carbocycles. The number of carbonyl (C=O) groups is 2. The van der Waals surface area contributed by atoms with Crippen molar-refractivity contribution in [2.75, 3.05) is 58.3 Å². The van der Waals surface area contributed by atoms with Crippen LogP contribution in [-0.2, 0) is 9.59 Å². The van der Waals surface area contributed by atoms with Crippen LogP contribution in [0.25, 0.3) is 0 Å². The van der Waals surface area contributed by atoms with Gasteiger partial charge in [0.15, 0.2) is 0 Å². The summed E-state index contributed by atoms with van der Waals surface area (Å²) in [7, 11) is 3.86. The number of amides is 2. The Hall–Kier alpha value is -2.15. The van der Waals surface area contributed by atoms with Gasteiger partial charge >= 0.3 is 0 Å². The Bertz CT molecular complexity index is 554. The van der Waals surface area contributed by atoms with Crippen LogP contribution in [-0.4, -0.2) is 75.0 Å². The van der Waals surface area contributed by atoms with Gasteiger partial charge in [0.25, 0.3) is 0 Å². The molecule has 0 unspecified atom stereocenters. The first-order valence-electron chi connectivity index (χ1n) is 8.15. The van der Waals surface area contributed by atoms with Gasteiger partial charge in [-0.3, -0.25) is 9.59 Å². The number of benzene rings is 1. The highest BCUT2D eigenvalue weighted by Gasteiger charge is 2.22. The molecule has 1 aliphatic rings. The number of halogens is 1. The van der Waals surface area contributed by atoms with E-state index in [1.54, 1.807) is 17.0 Å². The van der Waals surface area contributed by atoms with Gasteiger partial charge in [-0.15, -0.1) is 0 Å². The van der Waals surface area contributed by atoms with E-state index in [9.17, 15) is 14.0 Å². The van der Waals surface area contributed by atoms with Crippen molar-refractivity contribution in [2.24, 2.45) is 0 Å². The van der Waals surface area contributed by atoms with Gasteiger partial charge < -0.3 is 20.0 Å². The summed E-state index contributed by atoms with van der Waals surface area (Å²) in [6.45, 7) is 3.79. The van der Waals surface area contributed by atoms with E-state index in [2.05, 4.69) is 10.2 Å². The Morgan fingerprint density at radius 1 is 1.12 bits per heavy atom. The van der Waals surface area contributed by atoms with Gasteiger partial charge in [-0.25, -0.2) is 4.39 Å². The van der Waals surface area contributed by atoms with Crippen LogP contribution in [0.4, 0.5) is 10.1 Å². The SMILES string of the molecule is CN(C)CCNC(=O)CC(=O)N1CCN(c2ccc(F)cc2)CC1. The average molecular weight is 336 g/mol. The van der Waals surface area contributed by atoms with Crippen molar-refractivity contribution in [2.45, 2.75) is 6.42 Å². The zero-order valence-electron chi connectivity index (χ0n) is 14.3. The minimum absolute atomic E-state index is 0.107. The van der Waals surface area contributed by atoms with E-state index in [0.717, 1.165) is 12.2 Å². The Morgan fingerprint density at radius 2 is 1.75 bits per heavy atom. The van der Waals surface area contributed by atoms with E-state index < -0.39 is 0 Å². The second-order valence-electron chi connectivity index (χ2n) is 6.17. The normalized spacial score (nSPS) is 14.8. The van der Waals surface area contributed by atoms with Crippen LogP contribution in [0.1, 0.15) is 6.42 Å². The topological polar surface area (TPSA) is 55.9 Å². The summed E-state index contributed by atoms with van der Waals surface area (Å²) in [5, 5.41) is 2.75. The number of nitrogens with zero attached hydrogens (tertiary/aromatic N) is 3. The van der Waals surface area contributed by atoms with Crippen LogP contribution in [0.5, 0.6) is 0 Å². The smallest absolute Gasteiger partial charge is 0.232 e. The zero-order valence-corrected chi connectivity index (χ0v) is 14.3. The molecule has 1 saturated heterocycles.